The van der Waals surface area contributed by atoms with Crippen LogP contribution in [0.25, 0.3) is 0 Å². The summed E-state index contributed by atoms with van der Waals surface area (Å²) in [4.78, 5) is 0. The summed E-state index contributed by atoms with van der Waals surface area (Å²) in [6, 6.07) is 0. The summed E-state index contributed by atoms with van der Waals surface area (Å²) in [6.45, 7) is 2.60. The van der Waals surface area contributed by atoms with E-state index in [1.165, 1.54) is 45.1 Å². The van der Waals surface area contributed by atoms with Crippen molar-refractivity contribution in [2.45, 2.75) is 38.5 Å². The molecule has 2 aliphatic rings. The molecule has 0 spiro atoms. The van der Waals surface area contributed by atoms with Gasteiger partial charge in [0.2, 0.25) is 0 Å². The maximum atomic E-state index is 9.36. The monoisotopic (exact) mass is 183 g/mol. The van der Waals surface area contributed by atoms with E-state index in [2.05, 4.69) is 5.32 Å². The van der Waals surface area contributed by atoms with Crippen LogP contribution in [-0.4, -0.2) is 24.8 Å². The molecule has 2 heteroatoms. The van der Waals surface area contributed by atoms with Crippen LogP contribution in [0.1, 0.15) is 38.5 Å². The molecule has 0 unspecified atom stereocenters. The minimum Gasteiger partial charge on any atom is -0.396 e. The Morgan fingerprint density at radius 1 is 1.23 bits per heavy atom. The summed E-state index contributed by atoms with van der Waals surface area (Å²) in [7, 11) is 0. The zero-order valence-corrected chi connectivity index (χ0v) is 8.39. The minimum atomic E-state index is 0.245. The van der Waals surface area contributed by atoms with Crippen molar-refractivity contribution in [1.82, 2.24) is 5.32 Å². The highest BCUT2D eigenvalue weighted by Crippen LogP contribution is 2.37. The van der Waals surface area contributed by atoms with Gasteiger partial charge in [-0.05, 0) is 38.1 Å². The fourth-order valence-electron chi connectivity index (χ4n) is 2.38. The lowest BCUT2D eigenvalue weighted by molar-refractivity contribution is 0.128. The van der Waals surface area contributed by atoms with Gasteiger partial charge in [0.25, 0.3) is 0 Å². The highest BCUT2D eigenvalue weighted by atomic mass is 16.3. The molecule has 0 aliphatic heterocycles. The molecule has 0 aromatic rings. The molecular formula is C11H21NO. The van der Waals surface area contributed by atoms with Crippen molar-refractivity contribution in [3.63, 3.8) is 0 Å². The van der Waals surface area contributed by atoms with Crippen molar-refractivity contribution in [3.05, 3.63) is 0 Å². The van der Waals surface area contributed by atoms with E-state index < -0.39 is 0 Å². The maximum Gasteiger partial charge on any atom is 0.0499 e. The largest absolute Gasteiger partial charge is 0.396 e. The molecule has 0 heterocycles. The van der Waals surface area contributed by atoms with Crippen LogP contribution in [-0.2, 0) is 0 Å². The van der Waals surface area contributed by atoms with Crippen LogP contribution in [0, 0.1) is 11.3 Å². The molecule has 0 aromatic carbocycles. The van der Waals surface area contributed by atoms with E-state index in [-0.39, 0.29) is 5.41 Å². The molecule has 2 N–H and O–H groups in total. The first-order valence-corrected chi connectivity index (χ1v) is 5.66. The Bertz CT molecular complexity index is 159. The number of aliphatic hydroxyl groups is 1. The molecule has 2 saturated carbocycles. The fourth-order valence-corrected chi connectivity index (χ4v) is 2.38. The quantitative estimate of drug-likeness (QED) is 0.677. The molecule has 2 nitrogen and oxygen atoms in total. The molecule has 2 aliphatic carbocycles. The van der Waals surface area contributed by atoms with Gasteiger partial charge in [0, 0.05) is 18.6 Å². The molecular weight excluding hydrogens is 162 g/mol. The summed E-state index contributed by atoms with van der Waals surface area (Å²) in [5, 5.41) is 12.9. The molecule has 0 bridgehead atoms. The Labute approximate surface area is 80.7 Å². The lowest BCUT2D eigenvalue weighted by Gasteiger charge is -2.26. The zero-order chi connectivity index (χ0) is 9.15. The van der Waals surface area contributed by atoms with Crippen LogP contribution >= 0.6 is 0 Å². The topological polar surface area (TPSA) is 32.3 Å². The number of hydrogen-bond donors (Lipinski definition) is 2. The van der Waals surface area contributed by atoms with Crippen LogP contribution < -0.4 is 5.32 Å². The molecule has 76 valence electrons. The smallest absolute Gasteiger partial charge is 0.0499 e. The van der Waals surface area contributed by atoms with E-state index in [4.69, 9.17) is 0 Å². The number of aliphatic hydroxyl groups excluding tert-OH is 1. The number of hydrogen-bond acceptors (Lipinski definition) is 2. The predicted molar refractivity (Wildman–Crippen MR) is 53.6 cm³/mol. The van der Waals surface area contributed by atoms with Crippen LogP contribution in [0.15, 0.2) is 0 Å². The summed E-state index contributed by atoms with van der Waals surface area (Å²) < 4.78 is 0. The van der Waals surface area contributed by atoms with Crippen LogP contribution in [0.4, 0.5) is 0 Å². The van der Waals surface area contributed by atoms with E-state index in [1.54, 1.807) is 0 Å². The first-order chi connectivity index (χ1) is 6.35. The van der Waals surface area contributed by atoms with Gasteiger partial charge in [-0.15, -0.1) is 0 Å². The summed E-state index contributed by atoms with van der Waals surface area (Å²) >= 11 is 0. The second-order valence-electron chi connectivity index (χ2n) is 4.94. The average Bonchev–Trinajstić information content (AvgIpc) is 2.84. The summed E-state index contributed by atoms with van der Waals surface area (Å²) in [5.74, 6) is 0.956. The SMILES string of the molecule is OCC1(CNCC2CC2)CCCC1. The van der Waals surface area contributed by atoms with Crippen LogP contribution in [0.5, 0.6) is 0 Å². The Balaban J connectivity index is 1.69. The molecule has 0 aromatic heterocycles. The Morgan fingerprint density at radius 3 is 2.46 bits per heavy atom. The summed E-state index contributed by atoms with van der Waals surface area (Å²) in [5.41, 5.74) is 0.245. The zero-order valence-electron chi connectivity index (χ0n) is 8.39. The van der Waals surface area contributed by atoms with E-state index in [1.807, 2.05) is 0 Å². The van der Waals surface area contributed by atoms with E-state index in [9.17, 15) is 5.11 Å². The number of rotatable bonds is 5. The Hall–Kier alpha value is -0.0800. The van der Waals surface area contributed by atoms with Crippen molar-refractivity contribution < 1.29 is 5.11 Å². The summed E-state index contributed by atoms with van der Waals surface area (Å²) in [6.07, 6.45) is 7.90. The second kappa shape index (κ2) is 3.97. The molecule has 2 rings (SSSR count). The van der Waals surface area contributed by atoms with E-state index >= 15 is 0 Å². The van der Waals surface area contributed by atoms with E-state index in [0.29, 0.717) is 6.61 Å². The van der Waals surface area contributed by atoms with Gasteiger partial charge in [0.15, 0.2) is 0 Å². The first kappa shape index (κ1) is 9.47. The first-order valence-electron chi connectivity index (χ1n) is 5.66. The minimum absolute atomic E-state index is 0.245. The molecule has 0 radical (unpaired) electrons. The van der Waals surface area contributed by atoms with Crippen molar-refractivity contribution in [1.29, 1.82) is 0 Å². The van der Waals surface area contributed by atoms with Gasteiger partial charge in [-0.1, -0.05) is 12.8 Å². The van der Waals surface area contributed by atoms with Gasteiger partial charge in [-0.25, -0.2) is 0 Å². The standard InChI is InChI=1S/C11H21NO/c13-9-11(5-1-2-6-11)8-12-7-10-3-4-10/h10,12-13H,1-9H2. The second-order valence-corrected chi connectivity index (χ2v) is 4.94. The van der Waals surface area contributed by atoms with Crippen molar-refractivity contribution in [2.75, 3.05) is 19.7 Å². The molecule has 0 amide bonds. The van der Waals surface area contributed by atoms with Gasteiger partial charge in [0.05, 0.1) is 0 Å². The van der Waals surface area contributed by atoms with Gasteiger partial charge >= 0.3 is 0 Å². The fraction of sp³-hybridized carbons (Fsp3) is 1.00. The highest BCUT2D eigenvalue weighted by molar-refractivity contribution is 4.87. The molecule has 0 saturated heterocycles. The van der Waals surface area contributed by atoms with Crippen molar-refractivity contribution in [3.8, 4) is 0 Å². The normalized spacial score (nSPS) is 26.5. The third kappa shape index (κ3) is 2.44. The van der Waals surface area contributed by atoms with Crippen molar-refractivity contribution in [2.24, 2.45) is 11.3 Å². The Kier molecular flexibility index (Phi) is 2.89. The van der Waals surface area contributed by atoms with Crippen molar-refractivity contribution >= 4 is 0 Å². The lowest BCUT2D eigenvalue weighted by Crippen LogP contribution is -2.36. The maximum absolute atomic E-state index is 9.36. The van der Waals surface area contributed by atoms with Gasteiger partial charge in [0.1, 0.15) is 0 Å². The number of nitrogens with one attached hydrogen (secondary N) is 1. The highest BCUT2D eigenvalue weighted by Gasteiger charge is 2.33. The third-order valence-corrected chi connectivity index (χ3v) is 3.63. The van der Waals surface area contributed by atoms with E-state index in [0.717, 1.165) is 12.5 Å². The van der Waals surface area contributed by atoms with Crippen LogP contribution in [0.3, 0.4) is 0 Å². The molecule has 2 fully saturated rings. The van der Waals surface area contributed by atoms with Gasteiger partial charge in [-0.2, -0.15) is 0 Å². The predicted octanol–water partition coefficient (Wildman–Crippen LogP) is 1.54. The molecule has 13 heavy (non-hydrogen) atoms. The van der Waals surface area contributed by atoms with Gasteiger partial charge in [-0.3, -0.25) is 0 Å². The average molecular weight is 183 g/mol. The van der Waals surface area contributed by atoms with Gasteiger partial charge < -0.3 is 10.4 Å². The Morgan fingerprint density at radius 2 is 1.92 bits per heavy atom. The van der Waals surface area contributed by atoms with Crippen LogP contribution in [0.2, 0.25) is 0 Å². The lowest BCUT2D eigenvalue weighted by atomic mass is 9.87. The third-order valence-electron chi connectivity index (χ3n) is 3.63. The molecule has 0 atom stereocenters.